The Bertz CT molecular complexity index is 511. The predicted octanol–water partition coefficient (Wildman–Crippen LogP) is 2.26. The van der Waals surface area contributed by atoms with E-state index in [-0.39, 0.29) is 35.1 Å². The number of Topliss-reactive ketones (excluding diaryl/α,β-unsaturated/α-hetero) is 1. The van der Waals surface area contributed by atoms with Gasteiger partial charge in [0.05, 0.1) is 18.1 Å². The molecule has 1 fully saturated rings. The average molecular weight is 253 g/mol. The fourth-order valence-electron chi connectivity index (χ4n) is 1.79. The van der Waals surface area contributed by atoms with Crippen LogP contribution >= 0.6 is 0 Å². The number of rotatable bonds is 5. The number of benzene rings is 1. The van der Waals surface area contributed by atoms with Gasteiger partial charge in [-0.25, -0.2) is 4.39 Å². The molecule has 0 saturated heterocycles. The largest absolute Gasteiger partial charge is 0.494 e. The van der Waals surface area contributed by atoms with Crippen molar-refractivity contribution in [2.45, 2.75) is 19.3 Å². The van der Waals surface area contributed by atoms with Crippen molar-refractivity contribution in [2.75, 3.05) is 7.11 Å². The van der Waals surface area contributed by atoms with Crippen LogP contribution in [0.2, 0.25) is 0 Å². The van der Waals surface area contributed by atoms with Crippen LogP contribution in [0.15, 0.2) is 12.1 Å². The van der Waals surface area contributed by atoms with Crippen molar-refractivity contribution in [1.82, 2.24) is 0 Å². The van der Waals surface area contributed by atoms with Gasteiger partial charge in [0.1, 0.15) is 5.78 Å². The van der Waals surface area contributed by atoms with Crippen LogP contribution in [0.5, 0.6) is 5.75 Å². The van der Waals surface area contributed by atoms with Crippen LogP contribution in [-0.4, -0.2) is 17.8 Å². The van der Waals surface area contributed by atoms with Crippen molar-refractivity contribution in [3.8, 4) is 5.75 Å². The monoisotopic (exact) mass is 253 g/mol. The van der Waals surface area contributed by atoms with E-state index in [2.05, 4.69) is 0 Å². The Kier molecular flexibility index (Phi) is 3.27. The van der Waals surface area contributed by atoms with E-state index in [1.54, 1.807) is 0 Å². The first kappa shape index (κ1) is 12.5. The second-order valence-electron chi connectivity index (χ2n) is 4.29. The van der Waals surface area contributed by atoms with Crippen molar-refractivity contribution in [3.63, 3.8) is 0 Å². The van der Waals surface area contributed by atoms with Crippen LogP contribution in [0.1, 0.15) is 18.4 Å². The predicted molar refractivity (Wildman–Crippen MR) is 61.0 cm³/mol. The van der Waals surface area contributed by atoms with Crippen molar-refractivity contribution in [3.05, 3.63) is 33.6 Å². The van der Waals surface area contributed by atoms with E-state index in [9.17, 15) is 19.3 Å². The second kappa shape index (κ2) is 4.72. The number of nitro groups is 1. The number of carbonyl (C=O) groups is 1. The number of carbonyl (C=O) groups excluding carboxylic acids is 1. The van der Waals surface area contributed by atoms with Crippen molar-refractivity contribution < 1.29 is 18.8 Å². The Hall–Kier alpha value is -1.98. The topological polar surface area (TPSA) is 69.4 Å². The Labute approximate surface area is 103 Å². The summed E-state index contributed by atoms with van der Waals surface area (Å²) in [5.74, 6) is -0.904. The molecule has 0 bridgehead atoms. The molecular weight excluding hydrogens is 241 g/mol. The molecule has 0 aliphatic heterocycles. The molecule has 0 N–H and O–H groups in total. The lowest BCUT2D eigenvalue weighted by molar-refractivity contribution is -0.385. The summed E-state index contributed by atoms with van der Waals surface area (Å²) >= 11 is 0. The van der Waals surface area contributed by atoms with Crippen LogP contribution in [-0.2, 0) is 11.2 Å². The zero-order valence-corrected chi connectivity index (χ0v) is 9.81. The molecule has 5 nitrogen and oxygen atoms in total. The summed E-state index contributed by atoms with van der Waals surface area (Å²) in [7, 11) is 1.27. The zero-order valence-electron chi connectivity index (χ0n) is 9.81. The molecule has 0 atom stereocenters. The molecule has 0 aromatic heterocycles. The number of hydrogen-bond donors (Lipinski definition) is 0. The van der Waals surface area contributed by atoms with Gasteiger partial charge in [-0.15, -0.1) is 0 Å². The van der Waals surface area contributed by atoms with E-state index in [0.717, 1.165) is 18.9 Å². The number of hydrogen-bond acceptors (Lipinski definition) is 4. The highest BCUT2D eigenvalue weighted by molar-refractivity contribution is 5.86. The van der Waals surface area contributed by atoms with E-state index in [0.29, 0.717) is 0 Å². The first-order chi connectivity index (χ1) is 8.52. The maximum Gasteiger partial charge on any atom is 0.276 e. The fourth-order valence-corrected chi connectivity index (χ4v) is 1.79. The molecule has 2 rings (SSSR count). The Morgan fingerprint density at radius 1 is 1.56 bits per heavy atom. The van der Waals surface area contributed by atoms with Crippen molar-refractivity contribution in [2.24, 2.45) is 5.92 Å². The molecule has 0 amide bonds. The van der Waals surface area contributed by atoms with Gasteiger partial charge >= 0.3 is 0 Å². The van der Waals surface area contributed by atoms with Gasteiger partial charge in [-0.3, -0.25) is 14.9 Å². The molecule has 0 spiro atoms. The van der Waals surface area contributed by atoms with Crippen LogP contribution in [0, 0.1) is 21.8 Å². The lowest BCUT2D eigenvalue weighted by atomic mass is 10.0. The summed E-state index contributed by atoms with van der Waals surface area (Å²) < 4.78 is 18.2. The molecule has 1 aliphatic rings. The van der Waals surface area contributed by atoms with Gasteiger partial charge in [0, 0.05) is 17.9 Å². The van der Waals surface area contributed by atoms with Gasteiger partial charge in [0.15, 0.2) is 11.6 Å². The van der Waals surface area contributed by atoms with E-state index in [1.807, 2.05) is 0 Å². The number of nitro benzene ring substituents is 1. The summed E-state index contributed by atoms with van der Waals surface area (Å²) in [6, 6.07) is 2.03. The van der Waals surface area contributed by atoms with Crippen LogP contribution in [0.25, 0.3) is 0 Å². The molecule has 96 valence electrons. The lowest BCUT2D eigenvalue weighted by Gasteiger charge is -2.06. The maximum atomic E-state index is 13.4. The molecule has 1 aromatic carbocycles. The van der Waals surface area contributed by atoms with E-state index < -0.39 is 10.7 Å². The molecule has 1 saturated carbocycles. The Balaban J connectivity index is 2.35. The van der Waals surface area contributed by atoms with Crippen molar-refractivity contribution in [1.29, 1.82) is 0 Å². The van der Waals surface area contributed by atoms with Gasteiger partial charge < -0.3 is 4.74 Å². The third kappa shape index (κ3) is 2.47. The maximum absolute atomic E-state index is 13.4. The van der Waals surface area contributed by atoms with Crippen molar-refractivity contribution >= 4 is 11.5 Å². The highest BCUT2D eigenvalue weighted by Crippen LogP contribution is 2.34. The van der Waals surface area contributed by atoms with Gasteiger partial charge in [-0.05, 0) is 18.9 Å². The van der Waals surface area contributed by atoms with Gasteiger partial charge in [0.2, 0.25) is 0 Å². The Morgan fingerprint density at radius 2 is 2.22 bits per heavy atom. The zero-order chi connectivity index (χ0) is 13.3. The van der Waals surface area contributed by atoms with Gasteiger partial charge in [0.25, 0.3) is 5.69 Å². The summed E-state index contributed by atoms with van der Waals surface area (Å²) in [6.45, 7) is 0. The highest BCUT2D eigenvalue weighted by atomic mass is 19.1. The SMILES string of the molecule is COc1cc(CC(=O)C2CC2)c([N+](=O)[O-])cc1F. The first-order valence-corrected chi connectivity index (χ1v) is 5.56. The summed E-state index contributed by atoms with van der Waals surface area (Å²) in [6.07, 6.45) is 1.63. The highest BCUT2D eigenvalue weighted by Gasteiger charge is 2.31. The molecule has 1 aromatic rings. The van der Waals surface area contributed by atoms with Crippen LogP contribution < -0.4 is 4.74 Å². The molecular formula is C12H12FNO4. The number of methoxy groups -OCH3 is 1. The quantitative estimate of drug-likeness (QED) is 0.596. The lowest BCUT2D eigenvalue weighted by Crippen LogP contribution is -2.08. The number of nitrogens with zero attached hydrogens (tertiary/aromatic N) is 1. The molecule has 1 aliphatic carbocycles. The van der Waals surface area contributed by atoms with E-state index in [1.165, 1.54) is 13.2 Å². The first-order valence-electron chi connectivity index (χ1n) is 5.56. The Morgan fingerprint density at radius 3 is 2.72 bits per heavy atom. The average Bonchev–Trinajstić information content (AvgIpc) is 3.14. The van der Waals surface area contributed by atoms with Crippen LogP contribution in [0.4, 0.5) is 10.1 Å². The normalized spacial score (nSPS) is 14.3. The van der Waals surface area contributed by atoms with Gasteiger partial charge in [-0.2, -0.15) is 0 Å². The molecule has 0 unspecified atom stereocenters. The summed E-state index contributed by atoms with van der Waals surface area (Å²) in [4.78, 5) is 21.8. The molecule has 0 heterocycles. The van der Waals surface area contributed by atoms with E-state index in [4.69, 9.17) is 4.74 Å². The summed E-state index contributed by atoms with van der Waals surface area (Å²) in [5, 5.41) is 10.8. The van der Waals surface area contributed by atoms with Crippen LogP contribution in [0.3, 0.4) is 0 Å². The minimum absolute atomic E-state index is 0.0145. The number of ether oxygens (including phenoxy) is 1. The van der Waals surface area contributed by atoms with Gasteiger partial charge in [-0.1, -0.05) is 0 Å². The minimum Gasteiger partial charge on any atom is -0.494 e. The van der Waals surface area contributed by atoms with E-state index >= 15 is 0 Å². The second-order valence-corrected chi connectivity index (χ2v) is 4.29. The third-order valence-corrected chi connectivity index (χ3v) is 2.95. The number of ketones is 1. The summed E-state index contributed by atoms with van der Waals surface area (Å²) in [5.41, 5.74) is -0.169. The fraction of sp³-hybridized carbons (Fsp3) is 0.417. The molecule has 0 radical (unpaired) electrons. The smallest absolute Gasteiger partial charge is 0.276 e. The standard InChI is InChI=1S/C12H12FNO4/c1-18-12-5-8(4-11(15)7-2-3-7)10(14(16)17)6-9(12)13/h5-7H,2-4H2,1H3. The number of halogens is 1. The molecule has 6 heteroatoms. The molecule has 18 heavy (non-hydrogen) atoms. The third-order valence-electron chi connectivity index (χ3n) is 2.95. The minimum atomic E-state index is -0.799.